The molecule has 2 aliphatic rings. The van der Waals surface area contributed by atoms with Gasteiger partial charge in [-0.1, -0.05) is 18.2 Å². The van der Waals surface area contributed by atoms with Gasteiger partial charge in [-0.15, -0.1) is 0 Å². The van der Waals surface area contributed by atoms with Crippen molar-refractivity contribution in [3.8, 4) is 0 Å². The van der Waals surface area contributed by atoms with Crippen LogP contribution in [-0.4, -0.2) is 54.7 Å². The average molecular weight is 399 g/mol. The van der Waals surface area contributed by atoms with Crippen molar-refractivity contribution in [2.24, 2.45) is 11.8 Å². The van der Waals surface area contributed by atoms with Crippen molar-refractivity contribution in [2.45, 2.75) is 12.8 Å². The molecule has 152 valence electrons. The molecular weight excluding hydrogens is 378 g/mol. The topological polar surface area (TPSA) is 122 Å². The van der Waals surface area contributed by atoms with Crippen LogP contribution in [0.3, 0.4) is 0 Å². The molecule has 9 heteroatoms. The lowest BCUT2D eigenvalue weighted by Gasteiger charge is -2.14. The monoisotopic (exact) mass is 399 g/mol. The van der Waals surface area contributed by atoms with E-state index in [2.05, 4.69) is 10.6 Å². The van der Waals surface area contributed by atoms with E-state index >= 15 is 0 Å². The number of carbonyl (C=O) groups is 5. The molecule has 1 fully saturated rings. The van der Waals surface area contributed by atoms with Crippen LogP contribution in [0.1, 0.15) is 23.2 Å². The summed E-state index contributed by atoms with van der Waals surface area (Å²) in [4.78, 5) is 61.2. The highest BCUT2D eigenvalue weighted by Gasteiger charge is 2.47. The normalized spacial score (nSPS) is 20.2. The maximum atomic E-state index is 12.3. The highest BCUT2D eigenvalue weighted by molar-refractivity contribution is 6.07. The van der Waals surface area contributed by atoms with Crippen molar-refractivity contribution < 1.29 is 28.7 Å². The predicted octanol–water partition coefficient (Wildman–Crippen LogP) is 0.479. The summed E-state index contributed by atoms with van der Waals surface area (Å²) in [6.07, 6.45) is 4.69. The standard InChI is InChI=1S/C20H21N3O6/c1-21-18(26)12-5-4-6-13(9-12)22-16(24)11-29-17(25)10-23-19(27)14-7-2-3-8-15(14)20(23)28/h2-6,9,14-15H,7-8,10-11H2,1H3,(H,21,26)(H,22,24)/t14-,15+. The Labute approximate surface area is 167 Å². The molecule has 0 bridgehead atoms. The summed E-state index contributed by atoms with van der Waals surface area (Å²) in [6, 6.07) is 6.26. The largest absolute Gasteiger partial charge is 0.454 e. The van der Waals surface area contributed by atoms with Crippen LogP contribution in [0.5, 0.6) is 0 Å². The van der Waals surface area contributed by atoms with Crippen LogP contribution < -0.4 is 10.6 Å². The van der Waals surface area contributed by atoms with Gasteiger partial charge in [0.15, 0.2) is 6.61 Å². The summed E-state index contributed by atoms with van der Waals surface area (Å²) in [5.41, 5.74) is 0.734. The Morgan fingerprint density at radius 2 is 1.76 bits per heavy atom. The minimum Gasteiger partial charge on any atom is -0.454 e. The number of carbonyl (C=O) groups excluding carboxylic acids is 5. The van der Waals surface area contributed by atoms with Gasteiger partial charge in [0.25, 0.3) is 11.8 Å². The summed E-state index contributed by atoms with van der Waals surface area (Å²) in [5.74, 6) is -3.35. The van der Waals surface area contributed by atoms with E-state index in [0.29, 0.717) is 24.1 Å². The second-order valence-electron chi connectivity index (χ2n) is 6.79. The van der Waals surface area contributed by atoms with Crippen molar-refractivity contribution in [3.63, 3.8) is 0 Å². The molecule has 0 saturated carbocycles. The highest BCUT2D eigenvalue weighted by atomic mass is 16.5. The lowest BCUT2D eigenvalue weighted by molar-refractivity contribution is -0.154. The van der Waals surface area contributed by atoms with Gasteiger partial charge in [0, 0.05) is 18.3 Å². The number of anilines is 1. The van der Waals surface area contributed by atoms with Gasteiger partial charge < -0.3 is 15.4 Å². The Balaban J connectivity index is 1.49. The number of benzene rings is 1. The van der Waals surface area contributed by atoms with Gasteiger partial charge in [-0.2, -0.15) is 0 Å². The zero-order valence-electron chi connectivity index (χ0n) is 15.8. The van der Waals surface area contributed by atoms with E-state index in [1.807, 2.05) is 12.2 Å². The van der Waals surface area contributed by atoms with E-state index in [1.165, 1.54) is 13.1 Å². The molecule has 2 atom stereocenters. The molecule has 9 nitrogen and oxygen atoms in total. The number of nitrogens with zero attached hydrogens (tertiary/aromatic N) is 1. The molecule has 1 aromatic rings. The van der Waals surface area contributed by atoms with Crippen LogP contribution >= 0.6 is 0 Å². The minimum atomic E-state index is -0.840. The first-order valence-electron chi connectivity index (χ1n) is 9.18. The number of nitrogens with one attached hydrogen (secondary N) is 2. The summed E-state index contributed by atoms with van der Waals surface area (Å²) in [7, 11) is 1.49. The first-order valence-corrected chi connectivity index (χ1v) is 9.18. The second kappa shape index (κ2) is 8.68. The third-order valence-corrected chi connectivity index (χ3v) is 4.89. The van der Waals surface area contributed by atoms with Crippen molar-refractivity contribution in [3.05, 3.63) is 42.0 Å². The molecule has 2 N–H and O–H groups in total. The van der Waals surface area contributed by atoms with E-state index in [4.69, 9.17) is 4.74 Å². The molecule has 0 aromatic heterocycles. The number of allylic oxidation sites excluding steroid dienone is 2. The predicted molar refractivity (Wildman–Crippen MR) is 101 cm³/mol. The van der Waals surface area contributed by atoms with E-state index in [0.717, 1.165) is 4.90 Å². The zero-order chi connectivity index (χ0) is 21.0. The number of ether oxygens (including phenoxy) is 1. The molecule has 4 amide bonds. The van der Waals surface area contributed by atoms with Crippen molar-refractivity contribution in [1.29, 1.82) is 0 Å². The summed E-state index contributed by atoms with van der Waals surface area (Å²) in [6.45, 7) is -1.09. The second-order valence-corrected chi connectivity index (χ2v) is 6.79. The number of amides is 4. The minimum absolute atomic E-state index is 0.303. The summed E-state index contributed by atoms with van der Waals surface area (Å²) < 4.78 is 4.89. The van der Waals surface area contributed by atoms with Crippen LogP contribution in [0.25, 0.3) is 0 Å². The fraction of sp³-hybridized carbons (Fsp3) is 0.350. The highest BCUT2D eigenvalue weighted by Crippen LogP contribution is 2.34. The third kappa shape index (κ3) is 4.50. The van der Waals surface area contributed by atoms with Gasteiger partial charge in [-0.05, 0) is 31.0 Å². The molecule has 1 aliphatic carbocycles. The van der Waals surface area contributed by atoms with Crippen LogP contribution in [0, 0.1) is 11.8 Å². The Morgan fingerprint density at radius 3 is 2.38 bits per heavy atom. The van der Waals surface area contributed by atoms with Gasteiger partial charge in [-0.3, -0.25) is 28.9 Å². The van der Waals surface area contributed by atoms with Crippen LogP contribution in [0.2, 0.25) is 0 Å². The van der Waals surface area contributed by atoms with E-state index in [1.54, 1.807) is 18.2 Å². The Kier molecular flexibility index (Phi) is 6.06. The molecule has 1 heterocycles. The van der Waals surface area contributed by atoms with Gasteiger partial charge in [0.1, 0.15) is 6.54 Å². The lowest BCUT2D eigenvalue weighted by atomic mass is 9.85. The number of imide groups is 1. The summed E-state index contributed by atoms with van der Waals surface area (Å²) >= 11 is 0. The maximum Gasteiger partial charge on any atom is 0.326 e. The molecule has 0 spiro atoms. The fourth-order valence-corrected chi connectivity index (χ4v) is 3.43. The summed E-state index contributed by atoms with van der Waals surface area (Å²) in [5, 5.41) is 4.99. The fourth-order valence-electron chi connectivity index (χ4n) is 3.43. The van der Waals surface area contributed by atoms with Crippen molar-refractivity contribution >= 4 is 35.3 Å². The Morgan fingerprint density at radius 1 is 1.10 bits per heavy atom. The Bertz CT molecular complexity index is 868. The molecule has 0 unspecified atom stereocenters. The SMILES string of the molecule is CNC(=O)c1cccc(NC(=O)COC(=O)CN2C(=O)[C@H]3CC=CC[C@H]3C2=O)c1. The van der Waals surface area contributed by atoms with Gasteiger partial charge >= 0.3 is 5.97 Å². The first-order chi connectivity index (χ1) is 13.9. The molecule has 1 saturated heterocycles. The average Bonchev–Trinajstić information content (AvgIpc) is 2.97. The molecule has 1 aromatic carbocycles. The number of likely N-dealkylation sites (tertiary alicyclic amines) is 1. The van der Waals surface area contributed by atoms with Gasteiger partial charge in [-0.25, -0.2) is 0 Å². The van der Waals surface area contributed by atoms with Crippen molar-refractivity contribution in [1.82, 2.24) is 10.2 Å². The number of esters is 1. The van der Waals surface area contributed by atoms with Crippen LogP contribution in [-0.2, 0) is 23.9 Å². The van der Waals surface area contributed by atoms with E-state index < -0.39 is 36.9 Å². The maximum absolute atomic E-state index is 12.3. The Hall–Kier alpha value is -3.49. The quantitative estimate of drug-likeness (QED) is 0.408. The number of hydrogen-bond donors (Lipinski definition) is 2. The molecule has 0 radical (unpaired) electrons. The number of rotatable bonds is 6. The number of hydrogen-bond acceptors (Lipinski definition) is 6. The number of fused-ring (bicyclic) bond motifs is 1. The smallest absolute Gasteiger partial charge is 0.326 e. The lowest BCUT2D eigenvalue weighted by Crippen LogP contribution is -2.37. The van der Waals surface area contributed by atoms with Crippen LogP contribution in [0.4, 0.5) is 5.69 Å². The van der Waals surface area contributed by atoms with Crippen LogP contribution in [0.15, 0.2) is 36.4 Å². The van der Waals surface area contributed by atoms with E-state index in [9.17, 15) is 24.0 Å². The third-order valence-electron chi connectivity index (χ3n) is 4.89. The molecular formula is C20H21N3O6. The van der Waals surface area contributed by atoms with Crippen molar-refractivity contribution in [2.75, 3.05) is 25.5 Å². The molecule has 3 rings (SSSR count). The zero-order valence-corrected chi connectivity index (χ0v) is 15.8. The molecule has 1 aliphatic heterocycles. The van der Waals surface area contributed by atoms with Gasteiger partial charge in [0.2, 0.25) is 11.8 Å². The van der Waals surface area contributed by atoms with E-state index in [-0.39, 0.29) is 17.7 Å². The van der Waals surface area contributed by atoms with Gasteiger partial charge in [0.05, 0.1) is 11.8 Å². The molecule has 29 heavy (non-hydrogen) atoms. The first kappa shape index (κ1) is 20.2.